The van der Waals surface area contributed by atoms with Crippen LogP contribution in [0.25, 0.3) is 11.4 Å². The van der Waals surface area contributed by atoms with Gasteiger partial charge in [-0.2, -0.15) is 4.98 Å². The van der Waals surface area contributed by atoms with Gasteiger partial charge < -0.3 is 19.5 Å². The molecule has 36 heavy (non-hydrogen) atoms. The first kappa shape index (κ1) is 23.9. The van der Waals surface area contributed by atoms with Gasteiger partial charge in [-0.1, -0.05) is 23.9 Å². The average Bonchev–Trinajstić information content (AvgIpc) is 3.39. The van der Waals surface area contributed by atoms with Crippen LogP contribution in [0.1, 0.15) is 32.9 Å². The number of fused-ring (bicyclic) bond motifs is 1. The standard InChI is InChI=1S/C25H24F3N5O3/c1-15-9-18(23-30-21(36-31-23)14-32-8-7-29-16(2)11-32)10-19-13-33(24(34)22(15)19)12-17-3-5-20(6-4-17)35-25(26,27)28/h3-6,9-10,29H,2,7-8,11-14H2,1H3. The van der Waals surface area contributed by atoms with Crippen molar-refractivity contribution in [3.05, 3.63) is 76.8 Å². The lowest BCUT2D eigenvalue weighted by Crippen LogP contribution is -2.41. The van der Waals surface area contributed by atoms with Gasteiger partial charge >= 0.3 is 6.36 Å². The Bertz CT molecular complexity index is 1300. The molecule has 0 radical (unpaired) electrons. The minimum absolute atomic E-state index is 0.127. The number of alkyl halides is 3. The largest absolute Gasteiger partial charge is 0.573 e. The Hall–Kier alpha value is -3.86. The summed E-state index contributed by atoms with van der Waals surface area (Å²) in [4.78, 5) is 21.4. The first-order valence-corrected chi connectivity index (χ1v) is 11.4. The average molecular weight is 499 g/mol. The van der Waals surface area contributed by atoms with Crippen molar-refractivity contribution in [2.24, 2.45) is 0 Å². The van der Waals surface area contributed by atoms with E-state index in [0.29, 0.717) is 42.5 Å². The second-order valence-corrected chi connectivity index (χ2v) is 8.93. The van der Waals surface area contributed by atoms with Crippen molar-refractivity contribution in [2.75, 3.05) is 19.6 Å². The minimum Gasteiger partial charge on any atom is -0.406 e. The van der Waals surface area contributed by atoms with Gasteiger partial charge in [0.2, 0.25) is 11.7 Å². The van der Waals surface area contributed by atoms with E-state index in [2.05, 4.69) is 31.7 Å². The smallest absolute Gasteiger partial charge is 0.406 e. The molecule has 2 aromatic carbocycles. The summed E-state index contributed by atoms with van der Waals surface area (Å²) in [5.41, 5.74) is 4.68. The number of aryl methyl sites for hydroxylation is 1. The van der Waals surface area contributed by atoms with Crippen LogP contribution in [0.15, 0.2) is 53.2 Å². The summed E-state index contributed by atoms with van der Waals surface area (Å²) in [6.07, 6.45) is -4.75. The van der Waals surface area contributed by atoms with Crippen molar-refractivity contribution in [3.63, 3.8) is 0 Å². The molecule has 0 unspecified atom stereocenters. The predicted octanol–water partition coefficient (Wildman–Crippen LogP) is 4.02. The number of rotatable bonds is 6. The van der Waals surface area contributed by atoms with Crippen molar-refractivity contribution < 1.29 is 27.2 Å². The first-order chi connectivity index (χ1) is 17.1. The van der Waals surface area contributed by atoms with Crippen molar-refractivity contribution in [1.82, 2.24) is 25.3 Å². The zero-order valence-corrected chi connectivity index (χ0v) is 19.6. The highest BCUT2D eigenvalue weighted by atomic mass is 19.4. The third-order valence-electron chi connectivity index (χ3n) is 6.11. The van der Waals surface area contributed by atoms with Crippen molar-refractivity contribution in [1.29, 1.82) is 0 Å². The van der Waals surface area contributed by atoms with Gasteiger partial charge in [0.05, 0.1) is 6.54 Å². The van der Waals surface area contributed by atoms with Gasteiger partial charge in [-0.15, -0.1) is 13.2 Å². The summed E-state index contributed by atoms with van der Waals surface area (Å²) in [5.74, 6) is 0.533. The lowest BCUT2D eigenvalue weighted by Gasteiger charge is -2.27. The van der Waals surface area contributed by atoms with Gasteiger partial charge in [-0.25, -0.2) is 0 Å². The second kappa shape index (κ2) is 9.30. The number of ether oxygens (including phenoxy) is 1. The number of halogens is 3. The van der Waals surface area contributed by atoms with Gasteiger partial charge in [0.1, 0.15) is 5.75 Å². The molecule has 0 bridgehead atoms. The van der Waals surface area contributed by atoms with E-state index in [1.54, 1.807) is 4.90 Å². The van der Waals surface area contributed by atoms with Crippen LogP contribution < -0.4 is 10.1 Å². The van der Waals surface area contributed by atoms with Crippen LogP contribution in [-0.4, -0.2) is 51.8 Å². The summed E-state index contributed by atoms with van der Waals surface area (Å²) in [5, 5.41) is 7.35. The van der Waals surface area contributed by atoms with Crippen LogP contribution in [0.4, 0.5) is 13.2 Å². The topological polar surface area (TPSA) is 83.7 Å². The molecule has 8 nitrogen and oxygen atoms in total. The molecule has 1 aromatic heterocycles. The molecule has 1 saturated heterocycles. The molecule has 0 saturated carbocycles. The van der Waals surface area contributed by atoms with E-state index in [1.807, 2.05) is 19.1 Å². The number of carbonyl (C=O) groups is 1. The van der Waals surface area contributed by atoms with E-state index < -0.39 is 6.36 Å². The molecular formula is C25H24F3N5O3. The lowest BCUT2D eigenvalue weighted by molar-refractivity contribution is -0.274. The summed E-state index contributed by atoms with van der Waals surface area (Å²) in [6, 6.07) is 9.27. The quantitative estimate of drug-likeness (QED) is 0.549. The molecule has 11 heteroatoms. The van der Waals surface area contributed by atoms with E-state index in [1.165, 1.54) is 24.3 Å². The fourth-order valence-electron chi connectivity index (χ4n) is 4.56. The zero-order valence-electron chi connectivity index (χ0n) is 19.6. The number of hydrogen-bond acceptors (Lipinski definition) is 7. The maximum Gasteiger partial charge on any atom is 0.573 e. The summed E-state index contributed by atoms with van der Waals surface area (Å²) < 4.78 is 46.5. The molecule has 5 rings (SSSR count). The Morgan fingerprint density at radius 1 is 1.17 bits per heavy atom. The Morgan fingerprint density at radius 3 is 2.67 bits per heavy atom. The minimum atomic E-state index is -4.75. The molecule has 1 N–H and O–H groups in total. The highest BCUT2D eigenvalue weighted by molar-refractivity contribution is 6.00. The molecule has 2 aliphatic heterocycles. The number of amides is 1. The number of aromatic nitrogens is 2. The van der Waals surface area contributed by atoms with Crippen LogP contribution in [0, 0.1) is 6.92 Å². The molecule has 3 aromatic rings. The predicted molar refractivity (Wildman–Crippen MR) is 124 cm³/mol. The van der Waals surface area contributed by atoms with E-state index in [9.17, 15) is 18.0 Å². The maximum atomic E-state index is 13.1. The van der Waals surface area contributed by atoms with Crippen LogP contribution >= 0.6 is 0 Å². The van der Waals surface area contributed by atoms with E-state index in [-0.39, 0.29) is 18.2 Å². The lowest BCUT2D eigenvalue weighted by atomic mass is 10.00. The Labute approximate surface area is 205 Å². The summed E-state index contributed by atoms with van der Waals surface area (Å²) >= 11 is 0. The molecule has 0 spiro atoms. The highest BCUT2D eigenvalue weighted by Gasteiger charge is 2.32. The SMILES string of the molecule is C=C1CN(Cc2nc(-c3cc(C)c4c(c3)CN(Cc3ccc(OC(F)(F)F)cc3)C4=O)no2)CCN1. The molecule has 3 heterocycles. The van der Waals surface area contributed by atoms with Crippen molar-refractivity contribution in [3.8, 4) is 17.1 Å². The molecule has 1 amide bonds. The van der Waals surface area contributed by atoms with Crippen molar-refractivity contribution >= 4 is 5.91 Å². The van der Waals surface area contributed by atoms with Gasteiger partial charge in [0, 0.05) is 49.5 Å². The van der Waals surface area contributed by atoms with Crippen molar-refractivity contribution in [2.45, 2.75) is 32.9 Å². The Balaban J connectivity index is 1.28. The zero-order chi connectivity index (χ0) is 25.4. The van der Waals surface area contributed by atoms with E-state index in [0.717, 1.165) is 35.5 Å². The summed E-state index contributed by atoms with van der Waals surface area (Å²) in [6.45, 7) is 9.36. The van der Waals surface area contributed by atoms with Crippen LogP contribution in [0.5, 0.6) is 5.75 Å². The van der Waals surface area contributed by atoms with Gasteiger partial charge in [-0.05, 0) is 47.9 Å². The van der Waals surface area contributed by atoms with Crippen LogP contribution in [0.2, 0.25) is 0 Å². The molecule has 0 atom stereocenters. The van der Waals surface area contributed by atoms with Gasteiger partial charge in [-0.3, -0.25) is 9.69 Å². The molecule has 188 valence electrons. The number of nitrogens with one attached hydrogen (secondary N) is 1. The number of benzene rings is 2. The van der Waals surface area contributed by atoms with Crippen LogP contribution in [0.3, 0.4) is 0 Å². The Kier molecular flexibility index (Phi) is 6.17. The number of carbonyl (C=O) groups excluding carboxylic acids is 1. The highest BCUT2D eigenvalue weighted by Crippen LogP contribution is 2.32. The van der Waals surface area contributed by atoms with Crippen LogP contribution in [-0.2, 0) is 19.6 Å². The van der Waals surface area contributed by atoms with Gasteiger partial charge in [0.25, 0.3) is 5.91 Å². The first-order valence-electron chi connectivity index (χ1n) is 11.4. The Morgan fingerprint density at radius 2 is 1.94 bits per heavy atom. The number of piperazine rings is 1. The normalized spacial score (nSPS) is 16.3. The summed E-state index contributed by atoms with van der Waals surface area (Å²) in [7, 11) is 0. The van der Waals surface area contributed by atoms with Gasteiger partial charge in [0.15, 0.2) is 0 Å². The monoisotopic (exact) mass is 499 g/mol. The molecule has 2 aliphatic rings. The number of nitrogens with zero attached hydrogens (tertiary/aromatic N) is 4. The second-order valence-electron chi connectivity index (χ2n) is 8.93. The molecule has 0 aliphatic carbocycles. The molecule has 1 fully saturated rings. The third kappa shape index (κ3) is 5.20. The molecular weight excluding hydrogens is 475 g/mol. The fraction of sp³-hybridized carbons (Fsp3) is 0.320. The van der Waals surface area contributed by atoms with E-state index >= 15 is 0 Å². The maximum absolute atomic E-state index is 13.1. The third-order valence-corrected chi connectivity index (χ3v) is 6.11. The van der Waals surface area contributed by atoms with E-state index in [4.69, 9.17) is 4.52 Å². The number of hydrogen-bond donors (Lipinski definition) is 1. The fourth-order valence-corrected chi connectivity index (χ4v) is 4.56.